The molecule has 26 heavy (non-hydrogen) atoms. The normalized spacial score (nSPS) is 11.1. The van der Waals surface area contributed by atoms with Gasteiger partial charge in [-0.15, -0.1) is 0 Å². The number of hydrogen-bond donors (Lipinski definition) is 4. The third-order valence-corrected chi connectivity index (χ3v) is 4.32. The summed E-state index contributed by atoms with van der Waals surface area (Å²) in [5.74, 6) is 0.825. The minimum Gasteiger partial charge on any atom is -0.497 e. The molecule has 4 N–H and O–H groups in total. The number of rotatable bonds is 6. The molecule has 2 aromatic carbocycles. The minimum atomic E-state index is -0.187. The van der Waals surface area contributed by atoms with Crippen molar-refractivity contribution in [3.8, 4) is 17.0 Å². The molecule has 0 atom stereocenters. The van der Waals surface area contributed by atoms with Crippen LogP contribution in [0.3, 0.4) is 0 Å². The maximum atomic E-state index is 11.3. The highest BCUT2D eigenvalue weighted by Gasteiger charge is 2.08. The first-order chi connectivity index (χ1) is 12.7. The van der Waals surface area contributed by atoms with Gasteiger partial charge in [-0.2, -0.15) is 5.10 Å². The molecule has 0 fully saturated rings. The first-order valence-corrected chi connectivity index (χ1v) is 8.31. The Hall–Kier alpha value is -3.32. The van der Waals surface area contributed by atoms with Crippen molar-refractivity contribution in [2.24, 2.45) is 0 Å². The number of hydrogen-bond acceptors (Lipinski definition) is 4. The highest BCUT2D eigenvalue weighted by atomic mass is 16.5. The van der Waals surface area contributed by atoms with Crippen LogP contribution in [-0.4, -0.2) is 27.3 Å². The van der Waals surface area contributed by atoms with Gasteiger partial charge in [0, 0.05) is 24.2 Å². The van der Waals surface area contributed by atoms with E-state index in [9.17, 15) is 4.79 Å². The van der Waals surface area contributed by atoms with Crippen LogP contribution in [-0.2, 0) is 13.1 Å². The van der Waals surface area contributed by atoms with Gasteiger partial charge in [-0.25, -0.2) is 4.79 Å². The van der Waals surface area contributed by atoms with Gasteiger partial charge in [0.15, 0.2) is 0 Å². The molecule has 0 aliphatic carbocycles. The van der Waals surface area contributed by atoms with Crippen LogP contribution in [0.4, 0.5) is 0 Å². The van der Waals surface area contributed by atoms with Crippen LogP contribution in [0.1, 0.15) is 11.1 Å². The van der Waals surface area contributed by atoms with Crippen molar-refractivity contribution in [2.45, 2.75) is 13.1 Å². The van der Waals surface area contributed by atoms with E-state index in [1.165, 1.54) is 0 Å². The molecule has 0 aliphatic heterocycles. The molecule has 0 aliphatic rings. The van der Waals surface area contributed by atoms with Gasteiger partial charge in [0.25, 0.3) is 0 Å². The van der Waals surface area contributed by atoms with Crippen molar-refractivity contribution in [2.75, 3.05) is 7.11 Å². The topological polar surface area (TPSA) is 98.6 Å². The molecule has 0 unspecified atom stereocenters. The van der Waals surface area contributed by atoms with Gasteiger partial charge in [-0.3, -0.25) is 5.10 Å². The number of methoxy groups -OCH3 is 1. The van der Waals surface area contributed by atoms with Crippen LogP contribution >= 0.6 is 0 Å². The van der Waals surface area contributed by atoms with Crippen molar-refractivity contribution in [1.82, 2.24) is 25.5 Å². The summed E-state index contributed by atoms with van der Waals surface area (Å²) in [5.41, 5.74) is 5.69. The van der Waals surface area contributed by atoms with E-state index in [4.69, 9.17) is 4.74 Å². The molecular formula is C19H19N5O2. The smallest absolute Gasteiger partial charge is 0.323 e. The number of benzene rings is 2. The summed E-state index contributed by atoms with van der Waals surface area (Å²) in [6, 6.07) is 13.8. The second-order valence-electron chi connectivity index (χ2n) is 6.06. The van der Waals surface area contributed by atoms with E-state index in [1.807, 2.05) is 48.7 Å². The van der Waals surface area contributed by atoms with E-state index in [1.54, 1.807) is 7.11 Å². The molecule has 0 spiro atoms. The molecule has 0 radical (unpaired) electrons. The molecule has 2 heterocycles. The van der Waals surface area contributed by atoms with Crippen LogP contribution in [0, 0.1) is 0 Å². The fraction of sp³-hybridized carbons (Fsp3) is 0.158. The summed E-state index contributed by atoms with van der Waals surface area (Å²) < 4.78 is 5.20. The lowest BCUT2D eigenvalue weighted by Crippen LogP contribution is -2.12. The lowest BCUT2D eigenvalue weighted by Gasteiger charge is -2.07. The first-order valence-electron chi connectivity index (χ1n) is 8.31. The second-order valence-corrected chi connectivity index (χ2v) is 6.06. The molecule has 0 bridgehead atoms. The zero-order valence-electron chi connectivity index (χ0n) is 14.3. The van der Waals surface area contributed by atoms with Gasteiger partial charge >= 0.3 is 5.69 Å². The third kappa shape index (κ3) is 3.25. The molecule has 0 amide bonds. The van der Waals surface area contributed by atoms with Crippen LogP contribution in [0.2, 0.25) is 0 Å². The van der Waals surface area contributed by atoms with E-state index in [2.05, 4.69) is 25.5 Å². The number of nitrogens with zero attached hydrogens (tertiary/aromatic N) is 1. The quantitative estimate of drug-likeness (QED) is 0.430. The number of aromatic amines is 3. The lowest BCUT2D eigenvalue weighted by molar-refractivity contribution is 0.415. The van der Waals surface area contributed by atoms with Gasteiger partial charge < -0.3 is 20.0 Å². The Morgan fingerprint density at radius 2 is 1.85 bits per heavy atom. The first kappa shape index (κ1) is 16.2. The SMILES string of the molecule is COc1ccc(-c2[nH]ncc2CNCc2ccc3[nH]c(=O)[nH]c3c2)cc1. The van der Waals surface area contributed by atoms with E-state index < -0.39 is 0 Å². The molecule has 4 aromatic rings. The lowest BCUT2D eigenvalue weighted by atomic mass is 10.1. The predicted molar refractivity (Wildman–Crippen MR) is 100 cm³/mol. The number of H-pyrrole nitrogens is 3. The maximum absolute atomic E-state index is 11.3. The number of imidazole rings is 1. The van der Waals surface area contributed by atoms with Gasteiger partial charge in [0.05, 0.1) is 30.0 Å². The van der Waals surface area contributed by atoms with Crippen molar-refractivity contribution in [3.05, 3.63) is 70.3 Å². The third-order valence-electron chi connectivity index (χ3n) is 4.32. The largest absolute Gasteiger partial charge is 0.497 e. The number of fused-ring (bicyclic) bond motifs is 1. The van der Waals surface area contributed by atoms with Gasteiger partial charge in [0.1, 0.15) is 5.75 Å². The Balaban J connectivity index is 1.44. The fourth-order valence-electron chi connectivity index (χ4n) is 2.98. The van der Waals surface area contributed by atoms with Crippen LogP contribution in [0.15, 0.2) is 53.5 Å². The summed E-state index contributed by atoms with van der Waals surface area (Å²) in [5, 5.41) is 10.7. The molecule has 2 aromatic heterocycles. The molecule has 4 rings (SSSR count). The standard InChI is InChI=1S/C19H19N5O2/c1-26-15-5-3-13(4-6-15)18-14(11-21-24-18)10-20-9-12-2-7-16-17(8-12)23-19(25)22-16/h2-8,11,20H,9-10H2,1H3,(H,21,24)(H2,22,23,25). The summed E-state index contributed by atoms with van der Waals surface area (Å²) in [6.07, 6.45) is 1.83. The molecule has 132 valence electrons. The van der Waals surface area contributed by atoms with Gasteiger partial charge in [-0.05, 0) is 42.0 Å². The second kappa shape index (κ2) is 6.89. The zero-order chi connectivity index (χ0) is 17.9. The van der Waals surface area contributed by atoms with Gasteiger partial charge in [0.2, 0.25) is 0 Å². The highest BCUT2D eigenvalue weighted by Crippen LogP contribution is 2.23. The number of nitrogens with one attached hydrogen (secondary N) is 4. The zero-order valence-corrected chi connectivity index (χ0v) is 14.3. The van der Waals surface area contributed by atoms with E-state index in [0.29, 0.717) is 13.1 Å². The molecule has 0 saturated carbocycles. The van der Waals surface area contributed by atoms with Crippen molar-refractivity contribution in [3.63, 3.8) is 0 Å². The predicted octanol–water partition coefficient (Wildman–Crippen LogP) is 2.54. The Morgan fingerprint density at radius 3 is 2.65 bits per heavy atom. The molecular weight excluding hydrogens is 330 g/mol. The number of ether oxygens (including phenoxy) is 1. The minimum absolute atomic E-state index is 0.187. The monoisotopic (exact) mass is 349 g/mol. The Morgan fingerprint density at radius 1 is 1.04 bits per heavy atom. The van der Waals surface area contributed by atoms with Crippen LogP contribution < -0.4 is 15.7 Å². The average Bonchev–Trinajstić information content (AvgIpc) is 3.27. The van der Waals surface area contributed by atoms with Crippen LogP contribution in [0.5, 0.6) is 5.75 Å². The molecule has 0 saturated heterocycles. The van der Waals surface area contributed by atoms with E-state index >= 15 is 0 Å². The van der Waals surface area contributed by atoms with Crippen molar-refractivity contribution in [1.29, 1.82) is 0 Å². The molecule has 7 heteroatoms. The highest BCUT2D eigenvalue weighted by molar-refractivity contribution is 5.75. The summed E-state index contributed by atoms with van der Waals surface area (Å²) in [6.45, 7) is 1.37. The van der Waals surface area contributed by atoms with E-state index in [0.717, 1.165) is 39.2 Å². The Bertz CT molecular complexity index is 1080. The Labute approximate surface area is 149 Å². The van der Waals surface area contributed by atoms with Crippen LogP contribution in [0.25, 0.3) is 22.3 Å². The van der Waals surface area contributed by atoms with Crippen molar-refractivity contribution < 1.29 is 4.74 Å². The number of aromatic nitrogens is 4. The van der Waals surface area contributed by atoms with Gasteiger partial charge in [-0.1, -0.05) is 6.07 Å². The molecule has 7 nitrogen and oxygen atoms in total. The maximum Gasteiger partial charge on any atom is 0.323 e. The summed E-state index contributed by atoms with van der Waals surface area (Å²) in [7, 11) is 1.65. The fourth-order valence-corrected chi connectivity index (χ4v) is 2.98. The Kier molecular flexibility index (Phi) is 4.28. The average molecular weight is 349 g/mol. The summed E-state index contributed by atoms with van der Waals surface area (Å²) >= 11 is 0. The van der Waals surface area contributed by atoms with E-state index in [-0.39, 0.29) is 5.69 Å². The summed E-state index contributed by atoms with van der Waals surface area (Å²) in [4.78, 5) is 16.9. The van der Waals surface area contributed by atoms with Crippen molar-refractivity contribution >= 4 is 11.0 Å².